The number of carbonyl (C=O) groups is 1. The number of thiophene rings is 1. The Kier molecular flexibility index (Phi) is 7.11. The van der Waals surface area contributed by atoms with Crippen molar-refractivity contribution >= 4 is 39.0 Å². The number of pyridine rings is 1. The highest BCUT2D eigenvalue weighted by molar-refractivity contribution is 7.19. The standard InChI is InChI=1S/C26H20ClFN2O3S/c1-15(2)25(23-13-16-12-17(27)10-11-22(16)34-23)26(31)33-21(14-29)19-7-5-9-24(30-19)32-20-8-4-3-6-18(20)28/h3-13,15,21,25H,1-2H3. The van der Waals surface area contributed by atoms with Gasteiger partial charge in [-0.15, -0.1) is 11.3 Å². The molecule has 0 aliphatic carbocycles. The summed E-state index contributed by atoms with van der Waals surface area (Å²) in [4.78, 5) is 18.3. The van der Waals surface area contributed by atoms with Crippen LogP contribution in [0.3, 0.4) is 0 Å². The van der Waals surface area contributed by atoms with Gasteiger partial charge in [-0.2, -0.15) is 5.26 Å². The molecule has 2 unspecified atom stereocenters. The minimum Gasteiger partial charge on any atom is -0.440 e. The maximum absolute atomic E-state index is 13.9. The lowest BCUT2D eigenvalue weighted by Gasteiger charge is -2.20. The molecule has 0 N–H and O–H groups in total. The number of carbonyl (C=O) groups excluding carboxylic acids is 1. The average Bonchev–Trinajstić information content (AvgIpc) is 3.21. The predicted molar refractivity (Wildman–Crippen MR) is 130 cm³/mol. The van der Waals surface area contributed by atoms with Crippen LogP contribution in [0.2, 0.25) is 5.02 Å². The molecule has 5 nitrogen and oxygen atoms in total. The topological polar surface area (TPSA) is 72.2 Å². The van der Waals surface area contributed by atoms with E-state index in [4.69, 9.17) is 21.1 Å². The second kappa shape index (κ2) is 10.2. The third kappa shape index (κ3) is 5.19. The number of esters is 1. The Morgan fingerprint density at radius 2 is 1.91 bits per heavy atom. The first kappa shape index (κ1) is 23.7. The third-order valence-corrected chi connectivity index (χ3v) is 6.57. The molecule has 2 atom stereocenters. The van der Waals surface area contributed by atoms with E-state index in [0.29, 0.717) is 5.02 Å². The molecular formula is C26H20ClFN2O3S. The van der Waals surface area contributed by atoms with Gasteiger partial charge in [0, 0.05) is 20.7 Å². The van der Waals surface area contributed by atoms with Crippen LogP contribution in [0.15, 0.2) is 66.7 Å². The number of fused-ring (bicyclic) bond motifs is 1. The van der Waals surface area contributed by atoms with Gasteiger partial charge < -0.3 is 9.47 Å². The van der Waals surface area contributed by atoms with E-state index in [1.807, 2.05) is 38.1 Å². The summed E-state index contributed by atoms with van der Waals surface area (Å²) in [5, 5.41) is 11.3. The van der Waals surface area contributed by atoms with Gasteiger partial charge in [0.05, 0.1) is 11.6 Å². The summed E-state index contributed by atoms with van der Waals surface area (Å²) in [5.74, 6) is -1.61. The molecule has 4 rings (SSSR count). The quantitative estimate of drug-likeness (QED) is 0.250. The second-order valence-electron chi connectivity index (χ2n) is 7.93. The summed E-state index contributed by atoms with van der Waals surface area (Å²) in [6, 6.07) is 20.1. The molecule has 2 heterocycles. The molecule has 0 radical (unpaired) electrons. The Hall–Kier alpha value is -3.47. The van der Waals surface area contributed by atoms with E-state index >= 15 is 0 Å². The summed E-state index contributed by atoms with van der Waals surface area (Å²) in [6.45, 7) is 3.84. The van der Waals surface area contributed by atoms with Crippen LogP contribution in [0.4, 0.5) is 4.39 Å². The molecular weight excluding hydrogens is 475 g/mol. The molecule has 0 aliphatic rings. The van der Waals surface area contributed by atoms with Crippen molar-refractivity contribution in [2.75, 3.05) is 0 Å². The van der Waals surface area contributed by atoms with Crippen molar-refractivity contribution in [3.63, 3.8) is 0 Å². The molecule has 0 fully saturated rings. The van der Waals surface area contributed by atoms with Gasteiger partial charge in [0.15, 0.2) is 11.6 Å². The Labute approximate surface area is 205 Å². The number of hydrogen-bond acceptors (Lipinski definition) is 6. The van der Waals surface area contributed by atoms with Gasteiger partial charge in [0.1, 0.15) is 6.07 Å². The highest BCUT2D eigenvalue weighted by Crippen LogP contribution is 2.37. The summed E-state index contributed by atoms with van der Waals surface area (Å²) >= 11 is 7.59. The van der Waals surface area contributed by atoms with Crippen molar-refractivity contribution in [2.45, 2.75) is 25.9 Å². The molecule has 0 spiro atoms. The van der Waals surface area contributed by atoms with E-state index in [0.717, 1.165) is 15.0 Å². The maximum Gasteiger partial charge on any atom is 0.316 e. The highest BCUT2D eigenvalue weighted by atomic mass is 35.5. The molecule has 34 heavy (non-hydrogen) atoms. The van der Waals surface area contributed by atoms with Crippen molar-refractivity contribution in [3.8, 4) is 17.7 Å². The van der Waals surface area contributed by atoms with Gasteiger partial charge in [-0.05, 0) is 53.8 Å². The first-order valence-electron chi connectivity index (χ1n) is 10.5. The van der Waals surface area contributed by atoms with Gasteiger partial charge >= 0.3 is 5.97 Å². The van der Waals surface area contributed by atoms with E-state index in [2.05, 4.69) is 4.98 Å². The Balaban J connectivity index is 1.56. The van der Waals surface area contributed by atoms with E-state index in [-0.39, 0.29) is 23.2 Å². The molecule has 2 aromatic carbocycles. The van der Waals surface area contributed by atoms with Crippen LogP contribution in [0.5, 0.6) is 11.6 Å². The van der Waals surface area contributed by atoms with Gasteiger partial charge in [-0.3, -0.25) is 4.79 Å². The summed E-state index contributed by atoms with van der Waals surface area (Å²) in [7, 11) is 0. The molecule has 8 heteroatoms. The van der Waals surface area contributed by atoms with Crippen LogP contribution in [0, 0.1) is 23.1 Å². The Morgan fingerprint density at radius 3 is 2.65 bits per heavy atom. The lowest BCUT2D eigenvalue weighted by atomic mass is 9.94. The number of benzene rings is 2. The first-order valence-corrected chi connectivity index (χ1v) is 11.7. The monoisotopic (exact) mass is 494 g/mol. The number of nitriles is 1. The van der Waals surface area contributed by atoms with Crippen LogP contribution >= 0.6 is 22.9 Å². The molecule has 172 valence electrons. The smallest absolute Gasteiger partial charge is 0.316 e. The van der Waals surface area contributed by atoms with Crippen molar-refractivity contribution in [3.05, 3.63) is 88.1 Å². The number of nitrogens with zero attached hydrogens (tertiary/aromatic N) is 2. The third-order valence-electron chi connectivity index (χ3n) is 5.14. The summed E-state index contributed by atoms with van der Waals surface area (Å²) < 4.78 is 26.0. The van der Waals surface area contributed by atoms with Crippen molar-refractivity contribution < 1.29 is 18.7 Å². The van der Waals surface area contributed by atoms with Crippen molar-refractivity contribution in [1.29, 1.82) is 5.26 Å². The van der Waals surface area contributed by atoms with Crippen LogP contribution < -0.4 is 4.74 Å². The number of para-hydroxylation sites is 1. The normalized spacial score (nSPS) is 12.8. The lowest BCUT2D eigenvalue weighted by Crippen LogP contribution is -2.22. The van der Waals surface area contributed by atoms with Gasteiger partial charge in [-0.1, -0.05) is 43.6 Å². The lowest BCUT2D eigenvalue weighted by molar-refractivity contribution is -0.150. The number of halogens is 2. The fourth-order valence-electron chi connectivity index (χ4n) is 3.52. The highest BCUT2D eigenvalue weighted by Gasteiger charge is 2.31. The molecule has 0 bridgehead atoms. The molecule has 0 amide bonds. The number of hydrogen-bond donors (Lipinski definition) is 0. The van der Waals surface area contributed by atoms with Gasteiger partial charge in [0.25, 0.3) is 0 Å². The van der Waals surface area contributed by atoms with E-state index < -0.39 is 23.8 Å². The molecule has 4 aromatic rings. The van der Waals surface area contributed by atoms with Crippen LogP contribution in [0.1, 0.15) is 36.4 Å². The van der Waals surface area contributed by atoms with Crippen molar-refractivity contribution in [2.24, 2.45) is 5.92 Å². The number of aromatic nitrogens is 1. The summed E-state index contributed by atoms with van der Waals surface area (Å²) in [5.41, 5.74) is 0.190. The first-order chi connectivity index (χ1) is 16.4. The van der Waals surface area contributed by atoms with Crippen LogP contribution in [-0.2, 0) is 9.53 Å². The van der Waals surface area contributed by atoms with E-state index in [9.17, 15) is 14.4 Å². The summed E-state index contributed by atoms with van der Waals surface area (Å²) in [6.07, 6.45) is -1.25. The average molecular weight is 495 g/mol. The Morgan fingerprint density at radius 1 is 1.12 bits per heavy atom. The van der Waals surface area contributed by atoms with Gasteiger partial charge in [-0.25, -0.2) is 9.37 Å². The largest absolute Gasteiger partial charge is 0.440 e. The fourth-order valence-corrected chi connectivity index (χ4v) is 5.01. The van der Waals surface area contributed by atoms with E-state index in [1.165, 1.54) is 29.5 Å². The molecule has 2 aromatic heterocycles. The SMILES string of the molecule is CC(C)C(C(=O)OC(C#N)c1cccc(Oc2ccccc2F)n1)c1cc2cc(Cl)ccc2s1. The molecule has 0 saturated carbocycles. The zero-order valence-electron chi connectivity index (χ0n) is 18.4. The minimum absolute atomic E-state index is 0.00221. The Bertz CT molecular complexity index is 1380. The minimum atomic E-state index is -1.25. The molecule has 0 saturated heterocycles. The second-order valence-corrected chi connectivity index (χ2v) is 9.48. The van der Waals surface area contributed by atoms with Gasteiger partial charge in [0.2, 0.25) is 12.0 Å². The molecule has 0 aliphatic heterocycles. The fraction of sp³-hybridized carbons (Fsp3) is 0.192. The zero-order chi connectivity index (χ0) is 24.2. The number of ether oxygens (including phenoxy) is 2. The van der Waals surface area contributed by atoms with E-state index in [1.54, 1.807) is 30.3 Å². The van der Waals surface area contributed by atoms with Crippen LogP contribution in [-0.4, -0.2) is 11.0 Å². The van der Waals surface area contributed by atoms with Crippen molar-refractivity contribution in [1.82, 2.24) is 4.98 Å². The van der Waals surface area contributed by atoms with Crippen LogP contribution in [0.25, 0.3) is 10.1 Å². The maximum atomic E-state index is 13.9. The zero-order valence-corrected chi connectivity index (χ0v) is 19.9. The predicted octanol–water partition coefficient (Wildman–Crippen LogP) is 7.43. The number of rotatable bonds is 7.